The number of H-pyrrole nitrogens is 1. The van der Waals surface area contributed by atoms with Crippen LogP contribution in [0.1, 0.15) is 72.7 Å². The SMILES string of the molecule is C(=C\c1n[nH]c2ccc(-c3cncc4ccccc34)cc12)/c1ccccc1.CC1(C)OB(c2ccc3c(c2)c(/C=C/c2ccccc2)nn3COCC[Si](C)(C)C)OC1(C)C.C[Si](C)(C)CCOCn1nc(/C=C/c2ccccc2)c2cc(-c3cncc4ccccc34)ccc21.C[Si](C)(C)CCOCn1nc(/C=C/c2ccccc2)c2cc(I)ccc21. The van der Waals surface area contributed by atoms with Crippen molar-refractivity contribution in [1.29, 1.82) is 0 Å². The first-order chi connectivity index (χ1) is 58.7. The molecule has 620 valence electrons. The van der Waals surface area contributed by atoms with Gasteiger partial charge in [0.1, 0.15) is 20.2 Å². The topological polar surface area (TPSA) is 154 Å². The number of ether oxygens (including phenoxy) is 3. The second-order valence-electron chi connectivity index (χ2n) is 35.6. The van der Waals surface area contributed by atoms with Crippen molar-refractivity contribution in [3.63, 3.8) is 0 Å². The normalized spacial score (nSPS) is 13.6. The average molecular weight is 1780 g/mol. The molecule has 0 bridgehead atoms. The van der Waals surface area contributed by atoms with Gasteiger partial charge in [0.2, 0.25) is 0 Å². The van der Waals surface area contributed by atoms with Gasteiger partial charge < -0.3 is 23.5 Å². The van der Waals surface area contributed by atoms with E-state index in [1.54, 1.807) is 0 Å². The number of nitrogens with one attached hydrogen (secondary N) is 1. The van der Waals surface area contributed by atoms with Gasteiger partial charge in [0.25, 0.3) is 0 Å². The molecular formula is C102H110BIN10O5Si3. The second-order valence-corrected chi connectivity index (χ2v) is 53.7. The number of rotatable bonds is 26. The van der Waals surface area contributed by atoms with Crippen LogP contribution in [0.3, 0.4) is 0 Å². The standard InChI is InChI=1S/C30H31N3OSi.C27H37BN2O3Si.C24H17N3.C21H25IN2OSi/c1-35(2,3)18-17-34-22-33-30-16-14-24(28-21-31-20-25-11-7-8-12-26(25)28)19-27(30)29(32-33)15-13-23-9-5-4-6-10-23;1-26(2)27(3,4)33-28(32-26)22-14-16-25-23(19-22)24(15-13-21-11-9-8-10-12-21)29-30(25)20-31-17-18-34(5,6)7;1-2-6-17(7-3-1)10-12-23-21-14-18(11-13-24(21)27-26-23)22-16-25-15-19-8-4-5-9-20(19)22;1-26(2,3)14-13-25-16-24-21-12-10-18(22)15-19(21)20(23-24)11-9-17-7-5-4-6-8-17/h4-16,19-21H,17-18,22H2,1-3H3;8-16,19H,17-18,20H2,1-7H3;1-16H,(H,26,27);4-12,15H,13-14,16H2,1-3H3/b2*15-13+;12-10+;11-9+. The number of nitrogens with zero attached hydrogens (tertiary/aromatic N) is 9. The lowest BCUT2D eigenvalue weighted by Crippen LogP contribution is -2.41. The Bertz CT molecular complexity index is 6320. The number of aromatic nitrogens is 10. The van der Waals surface area contributed by atoms with Crippen LogP contribution in [0.2, 0.25) is 77.1 Å². The number of fused-ring (bicyclic) bond motifs is 6. The Balaban J connectivity index is 0.000000134. The molecule has 0 atom stereocenters. The highest BCUT2D eigenvalue weighted by atomic mass is 127. The first-order valence-corrected chi connectivity index (χ1v) is 54.3. The molecule has 0 amide bonds. The quantitative estimate of drug-likeness (QED) is 0.0313. The van der Waals surface area contributed by atoms with Crippen molar-refractivity contribution in [3.05, 3.63) is 316 Å². The van der Waals surface area contributed by atoms with Gasteiger partial charge in [-0.25, -0.2) is 14.0 Å². The summed E-state index contributed by atoms with van der Waals surface area (Å²) in [5, 5.41) is 31.4. The summed E-state index contributed by atoms with van der Waals surface area (Å²) >= 11 is 2.35. The predicted molar refractivity (Wildman–Crippen MR) is 529 cm³/mol. The van der Waals surface area contributed by atoms with E-state index in [0.29, 0.717) is 20.2 Å². The molecule has 0 saturated carbocycles. The van der Waals surface area contributed by atoms with Crippen molar-refractivity contribution < 1.29 is 23.5 Å². The van der Waals surface area contributed by atoms with Crippen LogP contribution in [-0.2, 0) is 43.7 Å². The van der Waals surface area contributed by atoms with Gasteiger partial charge >= 0.3 is 7.12 Å². The number of halogens is 1. The first kappa shape index (κ1) is 87.5. The summed E-state index contributed by atoms with van der Waals surface area (Å²) in [6, 6.07) is 87.1. The van der Waals surface area contributed by atoms with Crippen LogP contribution in [0, 0.1) is 3.57 Å². The van der Waals surface area contributed by atoms with Crippen LogP contribution in [0.15, 0.2) is 267 Å². The molecule has 10 aromatic carbocycles. The van der Waals surface area contributed by atoms with Gasteiger partial charge in [-0.15, -0.1) is 0 Å². The molecular weight excluding hydrogens is 1670 g/mol. The molecule has 122 heavy (non-hydrogen) atoms. The third kappa shape index (κ3) is 23.1. The van der Waals surface area contributed by atoms with E-state index in [9.17, 15) is 0 Å². The summed E-state index contributed by atoms with van der Waals surface area (Å²) < 4.78 is 37.7. The van der Waals surface area contributed by atoms with Crippen molar-refractivity contribution in [1.82, 2.24) is 49.5 Å². The van der Waals surface area contributed by atoms with E-state index < -0.39 is 31.3 Å². The number of aromatic amines is 1. The lowest BCUT2D eigenvalue weighted by atomic mass is 9.78. The smallest absolute Gasteiger partial charge is 0.399 e. The van der Waals surface area contributed by atoms with Crippen LogP contribution in [0.5, 0.6) is 0 Å². The van der Waals surface area contributed by atoms with E-state index in [-0.39, 0.29) is 11.2 Å². The summed E-state index contributed by atoms with van der Waals surface area (Å²) in [6.45, 7) is 33.4. The van der Waals surface area contributed by atoms with Crippen LogP contribution in [0.25, 0.3) is 136 Å². The highest BCUT2D eigenvalue weighted by Crippen LogP contribution is 2.38. The molecule has 1 N–H and O–H groups in total. The maximum atomic E-state index is 6.30. The molecule has 1 fully saturated rings. The number of hydrogen-bond donors (Lipinski definition) is 1. The van der Waals surface area contributed by atoms with Crippen molar-refractivity contribution in [2.75, 3.05) is 19.8 Å². The van der Waals surface area contributed by atoms with E-state index >= 15 is 0 Å². The van der Waals surface area contributed by atoms with Crippen molar-refractivity contribution >= 4 is 173 Å². The predicted octanol–water partition coefficient (Wildman–Crippen LogP) is 25.6. The van der Waals surface area contributed by atoms with Crippen LogP contribution in [0.4, 0.5) is 0 Å². The lowest BCUT2D eigenvalue weighted by molar-refractivity contribution is 0.00578. The van der Waals surface area contributed by atoms with Crippen molar-refractivity contribution in [2.45, 2.75) is 136 Å². The van der Waals surface area contributed by atoms with Crippen LogP contribution < -0.4 is 5.46 Å². The molecule has 1 saturated heterocycles. The van der Waals surface area contributed by atoms with Gasteiger partial charge in [0.15, 0.2) is 0 Å². The molecule has 6 aromatic heterocycles. The Morgan fingerprint density at radius 2 is 0.721 bits per heavy atom. The number of benzene rings is 10. The zero-order valence-electron chi connectivity index (χ0n) is 72.4. The summed E-state index contributed by atoms with van der Waals surface area (Å²) in [5.41, 5.74) is 17.4. The highest BCUT2D eigenvalue weighted by Gasteiger charge is 2.52. The largest absolute Gasteiger partial charge is 0.494 e. The van der Waals surface area contributed by atoms with Gasteiger partial charge in [0.05, 0.1) is 56.0 Å². The lowest BCUT2D eigenvalue weighted by Gasteiger charge is -2.32. The Morgan fingerprint density at radius 1 is 0.369 bits per heavy atom. The van der Waals surface area contributed by atoms with E-state index in [4.69, 9.17) is 38.8 Å². The van der Waals surface area contributed by atoms with Crippen LogP contribution >= 0.6 is 22.6 Å². The van der Waals surface area contributed by atoms with Gasteiger partial charge in [-0.3, -0.25) is 15.1 Å². The van der Waals surface area contributed by atoms with Crippen molar-refractivity contribution in [3.8, 4) is 22.3 Å². The fourth-order valence-electron chi connectivity index (χ4n) is 14.1. The monoisotopic (exact) mass is 1780 g/mol. The minimum absolute atomic E-state index is 0.378. The van der Waals surface area contributed by atoms with E-state index in [0.717, 1.165) is 153 Å². The molecule has 15 nitrogen and oxygen atoms in total. The molecule has 1 aliphatic rings. The minimum Gasteiger partial charge on any atom is -0.399 e. The third-order valence-electron chi connectivity index (χ3n) is 22.0. The Kier molecular flexibility index (Phi) is 28.3. The van der Waals surface area contributed by atoms with Gasteiger partial charge in [-0.05, 0) is 191 Å². The molecule has 16 aromatic rings. The van der Waals surface area contributed by atoms with Crippen molar-refractivity contribution in [2.24, 2.45) is 0 Å². The van der Waals surface area contributed by atoms with E-state index in [1.165, 1.54) is 26.0 Å². The van der Waals surface area contributed by atoms with Gasteiger partial charge in [-0.1, -0.05) is 277 Å². The average Bonchev–Trinajstić information content (AvgIpc) is 1.57. The number of hydrogen-bond acceptors (Lipinski definition) is 11. The minimum atomic E-state index is -1.13. The van der Waals surface area contributed by atoms with Gasteiger partial charge in [0, 0.05) is 116 Å². The second kappa shape index (κ2) is 39.5. The molecule has 0 spiro atoms. The van der Waals surface area contributed by atoms with Crippen LogP contribution in [-0.4, -0.2) is 112 Å². The molecule has 17 rings (SSSR count). The summed E-state index contributed by atoms with van der Waals surface area (Å²) in [6.07, 6.45) is 24.4. The van der Waals surface area contributed by atoms with Gasteiger partial charge in [-0.2, -0.15) is 20.4 Å². The maximum absolute atomic E-state index is 6.30. The Hall–Kier alpha value is -10.9. The zero-order chi connectivity index (χ0) is 85.4. The summed E-state index contributed by atoms with van der Waals surface area (Å²) in [7, 11) is -3.74. The fraction of sp³-hybridized carbons (Fsp3) is 0.235. The Labute approximate surface area is 734 Å². The Morgan fingerprint density at radius 3 is 1.14 bits per heavy atom. The first-order valence-electron chi connectivity index (χ1n) is 42.1. The molecule has 1 aliphatic heterocycles. The molecule has 7 heterocycles. The third-order valence-corrected chi connectivity index (χ3v) is 27.7. The zero-order valence-corrected chi connectivity index (χ0v) is 77.6. The molecule has 20 heteroatoms. The highest BCUT2D eigenvalue weighted by molar-refractivity contribution is 14.1. The molecule has 0 aliphatic carbocycles. The fourth-order valence-corrected chi connectivity index (χ4v) is 16.9. The summed E-state index contributed by atoms with van der Waals surface area (Å²) in [5.74, 6) is 0. The maximum Gasteiger partial charge on any atom is 0.494 e. The molecule has 0 radical (unpaired) electrons. The summed E-state index contributed by atoms with van der Waals surface area (Å²) in [4.78, 5) is 8.91. The molecule has 0 unspecified atom stereocenters. The number of pyridine rings is 2. The van der Waals surface area contributed by atoms with E-state index in [1.807, 2.05) is 118 Å². The van der Waals surface area contributed by atoms with E-state index in [2.05, 4.69) is 342 Å².